The number of ketones is 2. The van der Waals surface area contributed by atoms with Crippen molar-refractivity contribution in [1.29, 1.82) is 0 Å². The lowest BCUT2D eigenvalue weighted by atomic mass is 9.57. The Labute approximate surface area is 244 Å². The second-order valence-corrected chi connectivity index (χ2v) is 9.57. The fraction of sp³-hybridized carbons (Fsp3) is 0.419. The Kier molecular flexibility index (Phi) is 10.3. The first kappa shape index (κ1) is 32.1. The van der Waals surface area contributed by atoms with Gasteiger partial charge < -0.3 is 23.8 Å². The fourth-order valence-electron chi connectivity index (χ4n) is 5.91. The highest BCUT2D eigenvalue weighted by molar-refractivity contribution is 6.23. The summed E-state index contributed by atoms with van der Waals surface area (Å²) >= 11 is 0. The molecule has 2 aromatic rings. The van der Waals surface area contributed by atoms with Gasteiger partial charge in [0, 0.05) is 11.1 Å². The minimum absolute atomic E-state index is 0.0641. The van der Waals surface area contributed by atoms with Gasteiger partial charge in [-0.25, -0.2) is 0 Å². The van der Waals surface area contributed by atoms with Crippen LogP contribution in [0, 0.1) is 10.8 Å². The summed E-state index contributed by atoms with van der Waals surface area (Å²) < 4.78 is 21.5. The van der Waals surface area contributed by atoms with Gasteiger partial charge in [-0.15, -0.1) is 0 Å². The Morgan fingerprint density at radius 2 is 0.810 bits per heavy atom. The van der Waals surface area contributed by atoms with Crippen LogP contribution in [0.25, 0.3) is 0 Å². The lowest BCUT2D eigenvalue weighted by molar-refractivity contribution is -0.901. The van der Waals surface area contributed by atoms with E-state index < -0.39 is 58.4 Å². The third kappa shape index (κ3) is 4.98. The summed E-state index contributed by atoms with van der Waals surface area (Å²) in [5.74, 6) is -7.14. The summed E-state index contributed by atoms with van der Waals surface area (Å²) in [5, 5.41) is 0. The van der Waals surface area contributed by atoms with Gasteiger partial charge in [0.2, 0.25) is 11.6 Å². The number of ether oxygens (including phenoxy) is 4. The van der Waals surface area contributed by atoms with Gasteiger partial charge in [0.25, 0.3) is 10.8 Å². The Bertz CT molecular complexity index is 1190. The number of esters is 4. The number of benzene rings is 2. The fourth-order valence-corrected chi connectivity index (χ4v) is 5.91. The molecule has 1 aliphatic rings. The maximum atomic E-state index is 14.4. The molecule has 1 N–H and O–H groups in total. The molecule has 1 heterocycles. The Balaban J connectivity index is 2.61. The van der Waals surface area contributed by atoms with E-state index in [2.05, 4.69) is 0 Å². The minimum Gasteiger partial charge on any atom is -0.465 e. The van der Waals surface area contributed by atoms with Gasteiger partial charge in [-0.3, -0.25) is 28.8 Å². The number of rotatable bonds is 12. The van der Waals surface area contributed by atoms with E-state index >= 15 is 0 Å². The van der Waals surface area contributed by atoms with E-state index in [4.69, 9.17) is 18.9 Å². The summed E-state index contributed by atoms with van der Waals surface area (Å²) in [6, 6.07) is 11.8. The molecular formula is C31H36NO10+. The molecule has 11 nitrogen and oxygen atoms in total. The maximum Gasteiger partial charge on any atom is 0.332 e. The zero-order chi connectivity index (χ0) is 31.1. The normalized spacial score (nSPS) is 18.9. The van der Waals surface area contributed by atoms with E-state index in [9.17, 15) is 28.8 Å². The van der Waals surface area contributed by atoms with Crippen molar-refractivity contribution >= 4 is 35.4 Å². The van der Waals surface area contributed by atoms with E-state index in [0.717, 1.165) is 0 Å². The molecule has 0 amide bonds. The van der Waals surface area contributed by atoms with Crippen LogP contribution in [0.5, 0.6) is 0 Å². The maximum absolute atomic E-state index is 14.4. The van der Waals surface area contributed by atoms with E-state index in [-0.39, 0.29) is 42.5 Å². The Morgan fingerprint density at radius 3 is 1.05 bits per heavy atom. The molecule has 0 aromatic heterocycles. The van der Waals surface area contributed by atoms with Gasteiger partial charge in [0.05, 0.1) is 33.5 Å². The number of hydrogen-bond acceptors (Lipinski definition) is 10. The van der Waals surface area contributed by atoms with Crippen molar-refractivity contribution < 1.29 is 52.6 Å². The highest BCUT2D eigenvalue weighted by Gasteiger charge is 2.90. The molecule has 0 radical (unpaired) electrons. The largest absolute Gasteiger partial charge is 0.465 e. The Hall–Kier alpha value is -4.38. The number of Topliss-reactive ketones (excluding diaryl/α,β-unsaturated/α-hetero) is 2. The highest BCUT2D eigenvalue weighted by Crippen LogP contribution is 2.53. The zero-order valence-corrected chi connectivity index (χ0v) is 24.3. The van der Waals surface area contributed by atoms with E-state index in [1.54, 1.807) is 36.4 Å². The van der Waals surface area contributed by atoms with E-state index in [1.807, 2.05) is 0 Å². The first-order chi connectivity index (χ1) is 20.1. The topological polar surface area (TPSA) is 144 Å². The molecule has 0 spiro atoms. The third-order valence-corrected chi connectivity index (χ3v) is 7.43. The number of hydrogen-bond donors (Lipinski definition) is 1. The minimum atomic E-state index is -3.01. The molecule has 0 unspecified atom stereocenters. The second kappa shape index (κ2) is 13.5. The van der Waals surface area contributed by atoms with Crippen LogP contribution in [0.3, 0.4) is 0 Å². The standard InChI is InChI=1S/C31H35NO10/c1-6-39-26(35)30(27(36)40-7-2)24(22(33)20-16-12-10-13-17-20)32(5)25(23(34)21-18-14-11-15-19-21)31(30,28(37)41-8-3)29(38)42-9-4/h10-19,24-25H,6-9H2,1-5H3/p+1/t24-,25-/m1/s1. The first-order valence-electron chi connectivity index (χ1n) is 13.8. The van der Waals surface area contributed by atoms with Crippen LogP contribution in [-0.2, 0) is 38.1 Å². The van der Waals surface area contributed by atoms with Crippen molar-refractivity contribution in [2.75, 3.05) is 33.5 Å². The average Bonchev–Trinajstić information content (AvgIpc) is 3.24. The van der Waals surface area contributed by atoms with Crippen molar-refractivity contribution in [1.82, 2.24) is 0 Å². The molecule has 0 saturated carbocycles. The van der Waals surface area contributed by atoms with Crippen LogP contribution in [-0.4, -0.2) is 81.0 Å². The summed E-state index contributed by atoms with van der Waals surface area (Å²) in [4.78, 5) is 85.9. The van der Waals surface area contributed by atoms with Gasteiger partial charge in [-0.05, 0) is 27.7 Å². The first-order valence-corrected chi connectivity index (χ1v) is 13.8. The average molecular weight is 583 g/mol. The molecule has 2 aromatic carbocycles. The van der Waals surface area contributed by atoms with Gasteiger partial charge in [-0.2, -0.15) is 0 Å². The molecule has 1 saturated heterocycles. The van der Waals surface area contributed by atoms with Crippen LogP contribution in [0.2, 0.25) is 0 Å². The zero-order valence-electron chi connectivity index (χ0n) is 24.3. The van der Waals surface area contributed by atoms with Crippen LogP contribution >= 0.6 is 0 Å². The SMILES string of the molecule is CCOC(=O)C1(C(=O)OCC)[C@@H](C(=O)c2ccccc2)[NH+](C)[C@H](C(=O)c2ccccc2)C1(C(=O)OCC)C(=O)OCC. The van der Waals surface area contributed by atoms with Crippen molar-refractivity contribution in [3.8, 4) is 0 Å². The van der Waals surface area contributed by atoms with Crippen molar-refractivity contribution in [3.63, 3.8) is 0 Å². The summed E-state index contributed by atoms with van der Waals surface area (Å²) in [6.07, 6.45) is 0. The quantitative estimate of drug-likeness (QED) is 0.168. The van der Waals surface area contributed by atoms with Crippen LogP contribution in [0.15, 0.2) is 60.7 Å². The summed E-state index contributed by atoms with van der Waals surface area (Å²) in [7, 11) is 1.37. The summed E-state index contributed by atoms with van der Waals surface area (Å²) in [5.41, 5.74) is -5.89. The molecule has 0 aliphatic carbocycles. The number of quaternary nitrogens is 1. The lowest BCUT2D eigenvalue weighted by Crippen LogP contribution is -3.17. The highest BCUT2D eigenvalue weighted by atomic mass is 16.6. The molecule has 1 aliphatic heterocycles. The molecule has 1 fully saturated rings. The van der Waals surface area contributed by atoms with E-state index in [1.165, 1.54) is 59.0 Å². The molecule has 11 heteroatoms. The predicted molar refractivity (Wildman–Crippen MR) is 147 cm³/mol. The van der Waals surface area contributed by atoms with Gasteiger partial charge in [-0.1, -0.05) is 60.7 Å². The summed E-state index contributed by atoms with van der Waals surface area (Å²) in [6.45, 7) is 4.68. The molecule has 3 rings (SSSR count). The molecule has 0 bridgehead atoms. The number of likely N-dealkylation sites (N-methyl/N-ethyl adjacent to an activating group) is 1. The van der Waals surface area contributed by atoms with Gasteiger partial charge in [0.15, 0.2) is 12.1 Å². The number of nitrogens with one attached hydrogen (secondary N) is 1. The Morgan fingerprint density at radius 1 is 0.548 bits per heavy atom. The van der Waals surface area contributed by atoms with Gasteiger partial charge >= 0.3 is 23.9 Å². The molecular weight excluding hydrogens is 546 g/mol. The van der Waals surface area contributed by atoms with Crippen LogP contribution in [0.4, 0.5) is 0 Å². The third-order valence-electron chi connectivity index (χ3n) is 7.43. The predicted octanol–water partition coefficient (Wildman–Crippen LogP) is 1.24. The number of carbonyl (C=O) groups is 6. The van der Waals surface area contributed by atoms with Crippen molar-refractivity contribution in [2.45, 2.75) is 39.8 Å². The molecule has 224 valence electrons. The van der Waals surface area contributed by atoms with Crippen LogP contribution < -0.4 is 4.90 Å². The number of carbonyl (C=O) groups excluding carboxylic acids is 6. The number of likely N-dealkylation sites (tertiary alicyclic amines) is 1. The monoisotopic (exact) mass is 582 g/mol. The van der Waals surface area contributed by atoms with E-state index in [0.29, 0.717) is 0 Å². The smallest absolute Gasteiger partial charge is 0.332 e. The van der Waals surface area contributed by atoms with Crippen molar-refractivity contribution in [2.24, 2.45) is 10.8 Å². The lowest BCUT2D eigenvalue weighted by Gasteiger charge is -2.37. The van der Waals surface area contributed by atoms with Crippen LogP contribution in [0.1, 0.15) is 48.4 Å². The molecule has 2 atom stereocenters. The van der Waals surface area contributed by atoms with Crippen molar-refractivity contribution in [3.05, 3.63) is 71.8 Å². The second-order valence-electron chi connectivity index (χ2n) is 9.57. The molecule has 42 heavy (non-hydrogen) atoms. The van der Waals surface area contributed by atoms with Gasteiger partial charge in [0.1, 0.15) is 0 Å².